The summed E-state index contributed by atoms with van der Waals surface area (Å²) in [4.78, 5) is 1.85. The molecule has 1 N–H and O–H groups in total. The van der Waals surface area contributed by atoms with Crippen LogP contribution in [-0.4, -0.2) is 12.9 Å². The second-order valence-electron chi connectivity index (χ2n) is 2.98. The Morgan fingerprint density at radius 2 is 2.08 bits per heavy atom. The summed E-state index contributed by atoms with van der Waals surface area (Å²) < 4.78 is 0. The van der Waals surface area contributed by atoms with Gasteiger partial charge >= 0.3 is 0 Å². The van der Waals surface area contributed by atoms with Gasteiger partial charge in [0.2, 0.25) is 0 Å². The minimum absolute atomic E-state index is 0.556. The van der Waals surface area contributed by atoms with Gasteiger partial charge in [-0.3, -0.25) is 5.41 Å². The van der Waals surface area contributed by atoms with Crippen molar-refractivity contribution < 1.29 is 0 Å². The van der Waals surface area contributed by atoms with Gasteiger partial charge in [-0.05, 0) is 31.5 Å². The van der Waals surface area contributed by atoms with Gasteiger partial charge in [0.1, 0.15) is 0 Å². The van der Waals surface area contributed by atoms with Crippen molar-refractivity contribution in [3.8, 4) is 0 Å². The van der Waals surface area contributed by atoms with Gasteiger partial charge in [0, 0.05) is 12.7 Å². The summed E-state index contributed by atoms with van der Waals surface area (Å²) >= 11 is 0. The Bertz CT molecular complexity index is 292. The van der Waals surface area contributed by atoms with E-state index in [1.807, 2.05) is 24.1 Å². The fourth-order valence-electron chi connectivity index (χ4n) is 1.03. The summed E-state index contributed by atoms with van der Waals surface area (Å²) in [6.45, 7) is 3.83. The van der Waals surface area contributed by atoms with E-state index in [9.17, 15) is 0 Å². The van der Waals surface area contributed by atoms with Crippen LogP contribution >= 0.6 is 0 Å². The zero-order valence-corrected chi connectivity index (χ0v) is 7.76. The first-order valence-corrected chi connectivity index (χ1v) is 3.97. The van der Waals surface area contributed by atoms with E-state index in [0.717, 1.165) is 5.69 Å². The van der Waals surface area contributed by atoms with Crippen LogP contribution < -0.4 is 4.90 Å². The molecule has 0 amide bonds. The summed E-state index contributed by atoms with van der Waals surface area (Å²) in [7, 11) is 1.90. The van der Waals surface area contributed by atoms with Crippen LogP contribution in [0, 0.1) is 12.3 Å². The molecule has 1 rings (SSSR count). The molecule has 12 heavy (non-hydrogen) atoms. The van der Waals surface area contributed by atoms with E-state index in [0.29, 0.717) is 5.84 Å². The van der Waals surface area contributed by atoms with Gasteiger partial charge in [0.15, 0.2) is 0 Å². The fourth-order valence-corrected chi connectivity index (χ4v) is 1.03. The van der Waals surface area contributed by atoms with E-state index in [1.165, 1.54) is 5.56 Å². The lowest BCUT2D eigenvalue weighted by molar-refractivity contribution is 1.21. The van der Waals surface area contributed by atoms with Gasteiger partial charge < -0.3 is 4.90 Å². The van der Waals surface area contributed by atoms with Gasteiger partial charge in [-0.25, -0.2) is 0 Å². The van der Waals surface area contributed by atoms with E-state index >= 15 is 0 Å². The lowest BCUT2D eigenvalue weighted by atomic mass is 10.2. The predicted octanol–water partition coefficient (Wildman–Crippen LogP) is 2.43. The number of hydrogen-bond acceptors (Lipinski definition) is 1. The van der Waals surface area contributed by atoms with E-state index in [-0.39, 0.29) is 0 Å². The quantitative estimate of drug-likeness (QED) is 0.498. The first-order chi connectivity index (χ1) is 5.61. The molecular weight excluding hydrogens is 148 g/mol. The van der Waals surface area contributed by atoms with E-state index in [2.05, 4.69) is 19.1 Å². The molecular formula is C10H14N2. The maximum atomic E-state index is 7.43. The zero-order valence-electron chi connectivity index (χ0n) is 7.76. The summed E-state index contributed by atoms with van der Waals surface area (Å²) in [6.07, 6.45) is 0. The molecule has 0 atom stereocenters. The smallest absolute Gasteiger partial charge is 0.0967 e. The van der Waals surface area contributed by atoms with Crippen LogP contribution in [0.25, 0.3) is 0 Å². The first-order valence-electron chi connectivity index (χ1n) is 3.97. The average molecular weight is 162 g/mol. The molecule has 2 nitrogen and oxygen atoms in total. The van der Waals surface area contributed by atoms with Gasteiger partial charge in [-0.1, -0.05) is 12.1 Å². The highest BCUT2D eigenvalue weighted by molar-refractivity contribution is 5.93. The summed E-state index contributed by atoms with van der Waals surface area (Å²) in [6, 6.07) is 8.13. The Balaban J connectivity index is 2.95. The number of nitrogens with one attached hydrogen (secondary N) is 1. The van der Waals surface area contributed by atoms with Crippen molar-refractivity contribution in [2.45, 2.75) is 13.8 Å². The predicted molar refractivity (Wildman–Crippen MR) is 53.0 cm³/mol. The molecule has 0 radical (unpaired) electrons. The van der Waals surface area contributed by atoms with Crippen molar-refractivity contribution in [3.63, 3.8) is 0 Å². The minimum Gasteiger partial charge on any atom is -0.334 e. The number of benzene rings is 1. The molecule has 2 heteroatoms. The molecule has 0 unspecified atom stereocenters. The van der Waals surface area contributed by atoms with Gasteiger partial charge in [0.25, 0.3) is 0 Å². The monoisotopic (exact) mass is 162 g/mol. The van der Waals surface area contributed by atoms with Crippen molar-refractivity contribution in [1.29, 1.82) is 5.41 Å². The highest BCUT2D eigenvalue weighted by atomic mass is 15.1. The second-order valence-corrected chi connectivity index (χ2v) is 2.98. The van der Waals surface area contributed by atoms with Crippen molar-refractivity contribution in [2.75, 3.05) is 11.9 Å². The first kappa shape index (κ1) is 8.78. The molecule has 64 valence electrons. The van der Waals surface area contributed by atoms with Gasteiger partial charge in [-0.2, -0.15) is 0 Å². The minimum atomic E-state index is 0.556. The summed E-state index contributed by atoms with van der Waals surface area (Å²) in [5.41, 5.74) is 2.29. The largest absolute Gasteiger partial charge is 0.334 e. The molecule has 0 saturated heterocycles. The Kier molecular flexibility index (Phi) is 2.48. The van der Waals surface area contributed by atoms with Crippen molar-refractivity contribution >= 4 is 11.5 Å². The Morgan fingerprint density at radius 3 is 2.58 bits per heavy atom. The highest BCUT2D eigenvalue weighted by Gasteiger charge is 2.00. The molecule has 0 saturated carbocycles. The van der Waals surface area contributed by atoms with E-state index in [4.69, 9.17) is 5.41 Å². The molecule has 0 heterocycles. The molecule has 0 fully saturated rings. The van der Waals surface area contributed by atoms with Crippen molar-refractivity contribution in [2.24, 2.45) is 0 Å². The SMILES string of the molecule is CC(=N)N(C)c1cccc(C)c1. The van der Waals surface area contributed by atoms with Crippen LogP contribution in [0.15, 0.2) is 24.3 Å². The average Bonchev–Trinajstić information content (AvgIpc) is 2.03. The number of anilines is 1. The topological polar surface area (TPSA) is 27.1 Å². The number of amidine groups is 1. The maximum Gasteiger partial charge on any atom is 0.0967 e. The Hall–Kier alpha value is -1.31. The number of rotatable bonds is 1. The van der Waals surface area contributed by atoms with E-state index < -0.39 is 0 Å². The third kappa shape index (κ3) is 1.84. The third-order valence-corrected chi connectivity index (χ3v) is 1.89. The van der Waals surface area contributed by atoms with Crippen LogP contribution in [0.3, 0.4) is 0 Å². The van der Waals surface area contributed by atoms with Crippen LogP contribution in [0.4, 0.5) is 5.69 Å². The second kappa shape index (κ2) is 3.39. The lowest BCUT2D eigenvalue weighted by Gasteiger charge is -2.17. The summed E-state index contributed by atoms with van der Waals surface area (Å²) in [5, 5.41) is 7.43. The summed E-state index contributed by atoms with van der Waals surface area (Å²) in [5.74, 6) is 0.556. The lowest BCUT2D eigenvalue weighted by Crippen LogP contribution is -2.21. The number of aryl methyl sites for hydroxylation is 1. The molecule has 0 bridgehead atoms. The third-order valence-electron chi connectivity index (χ3n) is 1.89. The standard InChI is InChI=1S/C10H14N2/c1-8-5-4-6-10(7-8)12(3)9(2)11/h4-7,11H,1-3H3. The van der Waals surface area contributed by atoms with Crippen LogP contribution in [-0.2, 0) is 0 Å². The normalized spacial score (nSPS) is 9.58. The zero-order chi connectivity index (χ0) is 9.14. The Morgan fingerprint density at radius 1 is 1.42 bits per heavy atom. The van der Waals surface area contributed by atoms with E-state index in [1.54, 1.807) is 6.92 Å². The van der Waals surface area contributed by atoms with Gasteiger partial charge in [-0.15, -0.1) is 0 Å². The van der Waals surface area contributed by atoms with Crippen LogP contribution in [0.1, 0.15) is 12.5 Å². The highest BCUT2D eigenvalue weighted by Crippen LogP contribution is 2.13. The van der Waals surface area contributed by atoms with Crippen LogP contribution in [0.2, 0.25) is 0 Å². The maximum absolute atomic E-state index is 7.43. The molecule has 0 aromatic heterocycles. The number of hydrogen-bond donors (Lipinski definition) is 1. The molecule has 1 aromatic carbocycles. The number of nitrogens with zero attached hydrogens (tertiary/aromatic N) is 1. The molecule has 0 aliphatic carbocycles. The fraction of sp³-hybridized carbons (Fsp3) is 0.300. The molecule has 0 aliphatic heterocycles. The molecule has 1 aromatic rings. The van der Waals surface area contributed by atoms with Gasteiger partial charge in [0.05, 0.1) is 5.84 Å². The molecule has 0 spiro atoms. The molecule has 0 aliphatic rings. The van der Waals surface area contributed by atoms with Crippen LogP contribution in [0.5, 0.6) is 0 Å². The Labute approximate surface area is 73.3 Å². The van der Waals surface area contributed by atoms with Crippen molar-refractivity contribution in [3.05, 3.63) is 29.8 Å². The van der Waals surface area contributed by atoms with Crippen molar-refractivity contribution in [1.82, 2.24) is 0 Å².